The zero-order valence-corrected chi connectivity index (χ0v) is 12.7. The fourth-order valence-electron chi connectivity index (χ4n) is 2.19. The lowest BCUT2D eigenvalue weighted by Gasteiger charge is -2.28. The second-order valence-corrected chi connectivity index (χ2v) is 5.81. The van der Waals surface area contributed by atoms with Gasteiger partial charge in [0.25, 0.3) is 5.91 Å². The Morgan fingerprint density at radius 3 is 2.43 bits per heavy atom. The third-order valence-corrected chi connectivity index (χ3v) is 2.95. The zero-order chi connectivity index (χ0) is 16.2. The minimum Gasteiger partial charge on any atom is -0.480 e. The van der Waals surface area contributed by atoms with Crippen molar-refractivity contribution in [3.63, 3.8) is 0 Å². The van der Waals surface area contributed by atoms with Crippen molar-refractivity contribution < 1.29 is 29.0 Å². The fourth-order valence-corrected chi connectivity index (χ4v) is 2.19. The van der Waals surface area contributed by atoms with Crippen LogP contribution in [0.5, 0.6) is 0 Å². The van der Waals surface area contributed by atoms with Gasteiger partial charge in [0.1, 0.15) is 11.6 Å². The molecular formula is C13H22N2O6. The minimum atomic E-state index is -1.14. The summed E-state index contributed by atoms with van der Waals surface area (Å²) in [5.74, 6) is -1.75. The number of likely N-dealkylation sites (tertiary alicyclic amines) is 1. The molecule has 120 valence electrons. The molecule has 8 nitrogen and oxygen atoms in total. The molecule has 0 aromatic carbocycles. The maximum Gasteiger partial charge on any atom is 0.414 e. The van der Waals surface area contributed by atoms with Crippen LogP contribution in [0.15, 0.2) is 0 Å². The monoisotopic (exact) mass is 302 g/mol. The van der Waals surface area contributed by atoms with E-state index in [-0.39, 0.29) is 0 Å². The van der Waals surface area contributed by atoms with E-state index in [1.807, 2.05) is 0 Å². The van der Waals surface area contributed by atoms with Crippen LogP contribution in [0.1, 0.15) is 33.6 Å². The average Bonchev–Trinajstić information content (AvgIpc) is 2.76. The Hall–Kier alpha value is -1.67. The number of carboxylic acids is 1. The molecule has 2 amide bonds. The molecule has 1 heterocycles. The predicted octanol–water partition coefficient (Wildman–Crippen LogP) is 0.559. The van der Waals surface area contributed by atoms with E-state index in [9.17, 15) is 14.4 Å². The van der Waals surface area contributed by atoms with Gasteiger partial charge < -0.3 is 14.6 Å². The summed E-state index contributed by atoms with van der Waals surface area (Å²) in [5.41, 5.74) is -0.732. The molecular weight excluding hydrogens is 280 g/mol. The highest BCUT2D eigenvalue weighted by Crippen LogP contribution is 2.21. The van der Waals surface area contributed by atoms with Crippen molar-refractivity contribution in [2.45, 2.75) is 51.5 Å². The third-order valence-electron chi connectivity index (χ3n) is 2.95. The summed E-state index contributed by atoms with van der Waals surface area (Å²) in [6, 6.07) is -0.792. The summed E-state index contributed by atoms with van der Waals surface area (Å²) < 4.78 is 10.0. The number of rotatable bonds is 4. The van der Waals surface area contributed by atoms with E-state index in [0.29, 0.717) is 19.4 Å². The number of imide groups is 1. The summed E-state index contributed by atoms with van der Waals surface area (Å²) in [5, 5.41) is 11.2. The number of hydrogen-bond acceptors (Lipinski definition) is 6. The first-order chi connectivity index (χ1) is 9.65. The van der Waals surface area contributed by atoms with Gasteiger partial charge in [-0.1, -0.05) is 0 Å². The molecule has 0 saturated carbocycles. The van der Waals surface area contributed by atoms with Crippen LogP contribution < -0.4 is 5.32 Å². The number of ether oxygens (including phenoxy) is 2. The van der Waals surface area contributed by atoms with Crippen molar-refractivity contribution in [2.24, 2.45) is 0 Å². The highest BCUT2D eigenvalue weighted by Gasteiger charge is 2.39. The Balaban J connectivity index is 2.69. The average molecular weight is 302 g/mol. The van der Waals surface area contributed by atoms with Crippen LogP contribution in [0.2, 0.25) is 0 Å². The summed E-state index contributed by atoms with van der Waals surface area (Å²) >= 11 is 0. The van der Waals surface area contributed by atoms with E-state index in [1.54, 1.807) is 20.8 Å². The van der Waals surface area contributed by atoms with Gasteiger partial charge in [0, 0.05) is 13.7 Å². The normalized spacial score (nSPS) is 20.9. The second kappa shape index (κ2) is 6.86. The van der Waals surface area contributed by atoms with Gasteiger partial charge in [0.05, 0.1) is 0 Å². The molecule has 1 aliphatic rings. The van der Waals surface area contributed by atoms with Gasteiger partial charge >= 0.3 is 12.1 Å². The van der Waals surface area contributed by atoms with Crippen LogP contribution in [0.25, 0.3) is 0 Å². The summed E-state index contributed by atoms with van der Waals surface area (Å²) in [4.78, 5) is 36.2. The van der Waals surface area contributed by atoms with Crippen molar-refractivity contribution in [3.05, 3.63) is 0 Å². The molecule has 1 unspecified atom stereocenters. The number of alkyl carbamates (subject to hydrolysis) is 1. The lowest BCUT2D eigenvalue weighted by atomic mass is 10.2. The summed E-state index contributed by atoms with van der Waals surface area (Å²) in [7, 11) is 1.29. The van der Waals surface area contributed by atoms with Gasteiger partial charge in [0.15, 0.2) is 6.23 Å². The number of carbonyl (C=O) groups excluding carboxylic acids is 2. The molecule has 2 atom stereocenters. The summed E-state index contributed by atoms with van der Waals surface area (Å²) in [6.45, 7) is 5.43. The molecule has 1 fully saturated rings. The van der Waals surface area contributed by atoms with Crippen molar-refractivity contribution >= 4 is 18.0 Å². The first-order valence-electron chi connectivity index (χ1n) is 6.71. The molecule has 0 aliphatic carbocycles. The van der Waals surface area contributed by atoms with Gasteiger partial charge in [-0.15, -0.1) is 0 Å². The van der Waals surface area contributed by atoms with Crippen molar-refractivity contribution in [1.29, 1.82) is 0 Å². The Morgan fingerprint density at radius 1 is 1.33 bits per heavy atom. The molecule has 0 bridgehead atoms. The van der Waals surface area contributed by atoms with Crippen molar-refractivity contribution in [1.82, 2.24) is 10.2 Å². The third kappa shape index (κ3) is 4.98. The van der Waals surface area contributed by atoms with Crippen LogP contribution in [0, 0.1) is 0 Å². The zero-order valence-electron chi connectivity index (χ0n) is 12.7. The van der Waals surface area contributed by atoms with Gasteiger partial charge in [-0.05, 0) is 33.6 Å². The largest absolute Gasteiger partial charge is 0.480 e. The molecule has 1 saturated heterocycles. The standard InChI is InChI=1S/C13H22N2O6/c1-13(2,3)21-12(19)14-9(16)10(20-4)15-7-5-6-8(15)11(17)18/h8,10H,5-7H2,1-4H3,(H,17,18)(H,14,16,19)/t8-,10?/m1/s1. The molecule has 21 heavy (non-hydrogen) atoms. The number of hydrogen-bond donors (Lipinski definition) is 2. The van der Waals surface area contributed by atoms with Gasteiger partial charge in [-0.25, -0.2) is 4.79 Å². The van der Waals surface area contributed by atoms with E-state index in [0.717, 1.165) is 0 Å². The lowest BCUT2D eigenvalue weighted by Crippen LogP contribution is -2.53. The lowest BCUT2D eigenvalue weighted by molar-refractivity contribution is -0.153. The SMILES string of the molecule is COC(C(=O)NC(=O)OC(C)(C)C)N1CCC[C@@H]1C(=O)O. The smallest absolute Gasteiger partial charge is 0.414 e. The maximum absolute atomic E-state index is 12.1. The van der Waals surface area contributed by atoms with E-state index >= 15 is 0 Å². The first-order valence-corrected chi connectivity index (χ1v) is 6.71. The Morgan fingerprint density at radius 2 is 1.95 bits per heavy atom. The molecule has 8 heteroatoms. The predicted molar refractivity (Wildman–Crippen MR) is 72.5 cm³/mol. The van der Waals surface area contributed by atoms with E-state index in [2.05, 4.69) is 5.32 Å². The van der Waals surface area contributed by atoms with Gasteiger partial charge in [-0.2, -0.15) is 0 Å². The second-order valence-electron chi connectivity index (χ2n) is 5.81. The Kier molecular flexibility index (Phi) is 5.68. The topological polar surface area (TPSA) is 105 Å². The fraction of sp³-hybridized carbons (Fsp3) is 0.769. The highest BCUT2D eigenvalue weighted by molar-refractivity contribution is 5.94. The van der Waals surface area contributed by atoms with Crippen LogP contribution in [0.3, 0.4) is 0 Å². The molecule has 2 N–H and O–H groups in total. The number of methoxy groups -OCH3 is 1. The summed E-state index contributed by atoms with van der Waals surface area (Å²) in [6.07, 6.45) is -0.937. The maximum atomic E-state index is 12.1. The van der Waals surface area contributed by atoms with E-state index in [4.69, 9.17) is 14.6 Å². The quantitative estimate of drug-likeness (QED) is 0.781. The Labute approximate surface area is 123 Å². The molecule has 1 aliphatic heterocycles. The molecule has 0 aromatic rings. The van der Waals surface area contributed by atoms with Gasteiger partial charge in [0.2, 0.25) is 0 Å². The molecule has 1 rings (SSSR count). The number of nitrogens with one attached hydrogen (secondary N) is 1. The van der Waals surface area contributed by atoms with Crippen LogP contribution in [-0.4, -0.2) is 59.5 Å². The van der Waals surface area contributed by atoms with E-state index in [1.165, 1.54) is 12.0 Å². The molecule has 0 spiro atoms. The number of carboxylic acid groups (broad SMARTS) is 1. The van der Waals surface area contributed by atoms with Crippen LogP contribution in [0.4, 0.5) is 4.79 Å². The Bertz CT molecular complexity index is 417. The first kappa shape index (κ1) is 17.4. The van der Waals surface area contributed by atoms with Crippen LogP contribution >= 0.6 is 0 Å². The molecule has 0 aromatic heterocycles. The number of carbonyl (C=O) groups is 3. The highest BCUT2D eigenvalue weighted by atomic mass is 16.6. The molecule has 0 radical (unpaired) electrons. The van der Waals surface area contributed by atoms with Gasteiger partial charge in [-0.3, -0.25) is 19.8 Å². The number of aliphatic carboxylic acids is 1. The van der Waals surface area contributed by atoms with E-state index < -0.39 is 35.8 Å². The number of nitrogens with zero attached hydrogens (tertiary/aromatic N) is 1. The van der Waals surface area contributed by atoms with Crippen molar-refractivity contribution in [3.8, 4) is 0 Å². The van der Waals surface area contributed by atoms with Crippen molar-refractivity contribution in [2.75, 3.05) is 13.7 Å². The number of amides is 2. The van der Waals surface area contributed by atoms with Crippen LogP contribution in [-0.2, 0) is 19.1 Å². The minimum absolute atomic E-state index is 0.414.